The van der Waals surface area contributed by atoms with Crippen LogP contribution in [0.5, 0.6) is 5.75 Å². The number of furan rings is 1. The van der Waals surface area contributed by atoms with E-state index in [2.05, 4.69) is 0 Å². The number of ether oxygens (including phenoxy) is 1. The Kier molecular flexibility index (Phi) is 3.09. The lowest BCUT2D eigenvalue weighted by molar-refractivity contribution is -0.383. The molecule has 3 aromatic rings. The highest BCUT2D eigenvalue weighted by Gasteiger charge is 2.16. The third-order valence-electron chi connectivity index (χ3n) is 2.97. The highest BCUT2D eigenvalue weighted by atomic mass is 16.6. The molecule has 20 heavy (non-hydrogen) atoms. The second-order valence-electron chi connectivity index (χ2n) is 4.31. The molecular weight excluding hydrogens is 258 g/mol. The minimum absolute atomic E-state index is 0.0508. The van der Waals surface area contributed by atoms with E-state index in [0.717, 1.165) is 11.8 Å². The summed E-state index contributed by atoms with van der Waals surface area (Å²) in [5.74, 6) is 0.575. The van der Waals surface area contributed by atoms with Crippen molar-refractivity contribution >= 4 is 16.7 Å². The van der Waals surface area contributed by atoms with E-state index in [1.807, 2.05) is 30.3 Å². The first-order chi connectivity index (χ1) is 9.74. The lowest BCUT2D eigenvalue weighted by Crippen LogP contribution is -1.94. The van der Waals surface area contributed by atoms with Crippen LogP contribution in [0.1, 0.15) is 5.56 Å². The minimum atomic E-state index is -0.465. The third-order valence-corrected chi connectivity index (χ3v) is 2.97. The first-order valence-corrected chi connectivity index (χ1v) is 6.06. The fourth-order valence-corrected chi connectivity index (χ4v) is 1.97. The molecule has 0 bridgehead atoms. The average Bonchev–Trinajstić information content (AvgIpc) is 2.89. The van der Waals surface area contributed by atoms with Gasteiger partial charge in [-0.3, -0.25) is 10.1 Å². The fourth-order valence-electron chi connectivity index (χ4n) is 1.97. The van der Waals surface area contributed by atoms with Gasteiger partial charge >= 0.3 is 5.69 Å². The van der Waals surface area contributed by atoms with Crippen LogP contribution in [-0.2, 0) is 6.61 Å². The van der Waals surface area contributed by atoms with Gasteiger partial charge < -0.3 is 9.15 Å². The lowest BCUT2D eigenvalue weighted by Gasteiger charge is -2.05. The van der Waals surface area contributed by atoms with Gasteiger partial charge in [-0.25, -0.2) is 0 Å². The van der Waals surface area contributed by atoms with Crippen LogP contribution in [0.2, 0.25) is 0 Å². The molecule has 100 valence electrons. The molecule has 5 nitrogen and oxygen atoms in total. The van der Waals surface area contributed by atoms with Gasteiger partial charge in [0.15, 0.2) is 6.26 Å². The molecule has 3 rings (SSSR count). The number of fused-ring (bicyclic) bond motifs is 1. The van der Waals surface area contributed by atoms with Crippen molar-refractivity contribution in [2.45, 2.75) is 6.61 Å². The van der Waals surface area contributed by atoms with Gasteiger partial charge in [-0.15, -0.1) is 0 Å². The predicted molar refractivity (Wildman–Crippen MR) is 73.6 cm³/mol. The molecule has 0 N–H and O–H groups in total. The lowest BCUT2D eigenvalue weighted by atomic mass is 10.2. The van der Waals surface area contributed by atoms with E-state index in [1.54, 1.807) is 18.2 Å². The van der Waals surface area contributed by atoms with Gasteiger partial charge in [-0.05, 0) is 23.8 Å². The standard InChI is InChI=1S/C15H11NO4/c17-16(18)14-10-20-15-7-6-12(8-13(14)15)19-9-11-4-2-1-3-5-11/h1-8,10H,9H2. The van der Waals surface area contributed by atoms with Crippen LogP contribution in [0, 0.1) is 10.1 Å². The molecular formula is C15H11NO4. The van der Waals surface area contributed by atoms with Gasteiger partial charge in [0.25, 0.3) is 0 Å². The topological polar surface area (TPSA) is 65.5 Å². The van der Waals surface area contributed by atoms with E-state index in [9.17, 15) is 10.1 Å². The number of benzene rings is 2. The van der Waals surface area contributed by atoms with Gasteiger partial charge in [0.2, 0.25) is 0 Å². The molecule has 1 heterocycles. The zero-order valence-electron chi connectivity index (χ0n) is 10.5. The Bertz CT molecular complexity index is 749. The Balaban J connectivity index is 1.85. The SMILES string of the molecule is O=[N+]([O-])c1coc2ccc(OCc3ccccc3)cc12. The Morgan fingerprint density at radius 2 is 1.95 bits per heavy atom. The monoisotopic (exact) mass is 269 g/mol. The average molecular weight is 269 g/mol. The molecule has 0 radical (unpaired) electrons. The predicted octanol–water partition coefficient (Wildman–Crippen LogP) is 3.92. The molecule has 0 spiro atoms. The van der Waals surface area contributed by atoms with Crippen molar-refractivity contribution in [1.29, 1.82) is 0 Å². The van der Waals surface area contributed by atoms with Crippen molar-refractivity contribution in [3.63, 3.8) is 0 Å². The zero-order valence-corrected chi connectivity index (χ0v) is 10.5. The number of rotatable bonds is 4. The number of nitro groups is 1. The van der Waals surface area contributed by atoms with Gasteiger partial charge in [-0.1, -0.05) is 30.3 Å². The first-order valence-electron chi connectivity index (χ1n) is 6.06. The summed E-state index contributed by atoms with van der Waals surface area (Å²) in [5, 5.41) is 11.3. The van der Waals surface area contributed by atoms with Crippen LogP contribution in [0.25, 0.3) is 11.0 Å². The van der Waals surface area contributed by atoms with Gasteiger partial charge in [0.05, 0.1) is 4.92 Å². The smallest absolute Gasteiger partial charge is 0.315 e. The second-order valence-corrected chi connectivity index (χ2v) is 4.31. The fraction of sp³-hybridized carbons (Fsp3) is 0.0667. The number of nitrogens with zero attached hydrogens (tertiary/aromatic N) is 1. The number of hydrogen-bond acceptors (Lipinski definition) is 4. The molecule has 0 fully saturated rings. The van der Waals surface area contributed by atoms with E-state index in [0.29, 0.717) is 23.3 Å². The molecule has 0 aliphatic rings. The Morgan fingerprint density at radius 1 is 1.15 bits per heavy atom. The van der Waals surface area contributed by atoms with Crippen LogP contribution in [0.3, 0.4) is 0 Å². The molecule has 0 unspecified atom stereocenters. The summed E-state index contributed by atoms with van der Waals surface area (Å²) >= 11 is 0. The normalized spacial score (nSPS) is 10.6. The summed E-state index contributed by atoms with van der Waals surface area (Å²) in [4.78, 5) is 10.4. The van der Waals surface area contributed by atoms with E-state index >= 15 is 0 Å². The molecule has 0 aliphatic carbocycles. The quantitative estimate of drug-likeness (QED) is 0.532. The molecule has 5 heteroatoms. The molecule has 2 aromatic carbocycles. The first kappa shape index (κ1) is 12.2. The zero-order chi connectivity index (χ0) is 13.9. The van der Waals surface area contributed by atoms with Gasteiger partial charge in [0, 0.05) is 0 Å². The van der Waals surface area contributed by atoms with Crippen molar-refractivity contribution in [1.82, 2.24) is 0 Å². The highest BCUT2D eigenvalue weighted by Crippen LogP contribution is 2.31. The largest absolute Gasteiger partial charge is 0.489 e. The molecule has 0 amide bonds. The summed E-state index contributed by atoms with van der Waals surface area (Å²) in [6.07, 6.45) is 1.14. The third kappa shape index (κ3) is 2.33. The van der Waals surface area contributed by atoms with Crippen molar-refractivity contribution in [2.75, 3.05) is 0 Å². The van der Waals surface area contributed by atoms with Crippen LogP contribution in [0.15, 0.2) is 59.2 Å². The maximum absolute atomic E-state index is 10.9. The summed E-state index contributed by atoms with van der Waals surface area (Å²) in [7, 11) is 0. The van der Waals surface area contributed by atoms with Crippen LogP contribution in [-0.4, -0.2) is 4.92 Å². The van der Waals surface area contributed by atoms with Gasteiger partial charge in [0.1, 0.15) is 23.3 Å². The summed E-state index contributed by atoms with van der Waals surface area (Å²) in [6, 6.07) is 14.7. The molecule has 0 atom stereocenters. The van der Waals surface area contributed by atoms with Crippen molar-refractivity contribution in [3.8, 4) is 5.75 Å². The van der Waals surface area contributed by atoms with Crippen molar-refractivity contribution < 1.29 is 14.1 Å². The van der Waals surface area contributed by atoms with E-state index in [1.165, 1.54) is 0 Å². The highest BCUT2D eigenvalue weighted by molar-refractivity contribution is 5.88. The van der Waals surface area contributed by atoms with E-state index in [-0.39, 0.29) is 5.69 Å². The minimum Gasteiger partial charge on any atom is -0.489 e. The van der Waals surface area contributed by atoms with Gasteiger partial charge in [-0.2, -0.15) is 0 Å². The maximum atomic E-state index is 10.9. The van der Waals surface area contributed by atoms with Crippen LogP contribution in [0.4, 0.5) is 5.69 Å². The van der Waals surface area contributed by atoms with Crippen LogP contribution < -0.4 is 4.74 Å². The maximum Gasteiger partial charge on any atom is 0.315 e. The van der Waals surface area contributed by atoms with E-state index in [4.69, 9.17) is 9.15 Å². The summed E-state index contributed by atoms with van der Waals surface area (Å²) in [6.45, 7) is 0.415. The van der Waals surface area contributed by atoms with Crippen LogP contribution >= 0.6 is 0 Å². The number of hydrogen-bond donors (Lipinski definition) is 0. The second kappa shape index (κ2) is 5.05. The Labute approximate surface area is 114 Å². The Morgan fingerprint density at radius 3 is 2.70 bits per heavy atom. The molecule has 0 aliphatic heterocycles. The van der Waals surface area contributed by atoms with E-state index < -0.39 is 4.92 Å². The summed E-state index contributed by atoms with van der Waals surface area (Å²) < 4.78 is 10.8. The summed E-state index contributed by atoms with van der Waals surface area (Å²) in [5.41, 5.74) is 1.46. The molecule has 0 saturated heterocycles. The Hall–Kier alpha value is -2.82. The molecule has 1 aromatic heterocycles. The van der Waals surface area contributed by atoms with Crippen molar-refractivity contribution in [2.24, 2.45) is 0 Å². The van der Waals surface area contributed by atoms with Crippen molar-refractivity contribution in [3.05, 3.63) is 70.5 Å². The molecule has 0 saturated carbocycles.